The number of benzene rings is 1. The second kappa shape index (κ2) is 16.7. The molecule has 52 heavy (non-hydrogen) atoms. The third kappa shape index (κ3) is 10.2. The van der Waals surface area contributed by atoms with Crippen LogP contribution >= 0.6 is 0 Å². The molecule has 0 N–H and O–H groups in total. The van der Waals surface area contributed by atoms with Crippen molar-refractivity contribution >= 4 is 42.9 Å². The van der Waals surface area contributed by atoms with Crippen molar-refractivity contribution in [3.05, 3.63) is 66.2 Å². The molecule has 0 bridgehead atoms. The zero-order chi connectivity index (χ0) is 36.7. The van der Waals surface area contributed by atoms with Crippen LogP contribution in [0.5, 0.6) is 0 Å². The van der Waals surface area contributed by atoms with E-state index in [2.05, 4.69) is 69.3 Å². The monoisotopic (exact) mass is 726 g/mol. The highest BCUT2D eigenvalue weighted by Gasteiger charge is 2.26. The fourth-order valence-electron chi connectivity index (χ4n) is 6.33. The number of rotatable bonds is 12. The Hall–Kier alpha value is -4.17. The fourth-order valence-corrected chi connectivity index (χ4v) is 7.09. The number of pyridine rings is 1. The molecule has 5 heterocycles. The van der Waals surface area contributed by atoms with Crippen LogP contribution in [0.4, 0.5) is 16.3 Å². The number of carbonyl (C=O) groups excluding carboxylic acids is 1. The van der Waals surface area contributed by atoms with Crippen LogP contribution in [0.15, 0.2) is 60.0 Å². The smallest absolute Gasteiger partial charge is 0.410 e. The maximum Gasteiger partial charge on any atom is 0.410 e. The van der Waals surface area contributed by atoms with Gasteiger partial charge in [-0.15, -0.1) is 0 Å². The summed E-state index contributed by atoms with van der Waals surface area (Å²) in [6, 6.07) is 15.7. The van der Waals surface area contributed by atoms with E-state index in [4.69, 9.17) is 29.2 Å². The van der Waals surface area contributed by atoms with Crippen LogP contribution in [0.1, 0.15) is 32.0 Å². The van der Waals surface area contributed by atoms with Crippen molar-refractivity contribution in [3.63, 3.8) is 0 Å². The zero-order valence-corrected chi connectivity index (χ0v) is 32.7. The lowest BCUT2D eigenvalue weighted by molar-refractivity contribution is 0.0146. The van der Waals surface area contributed by atoms with E-state index in [0.717, 1.165) is 91.3 Å². The van der Waals surface area contributed by atoms with Crippen LogP contribution in [-0.2, 0) is 27.4 Å². The van der Waals surface area contributed by atoms with E-state index in [0.29, 0.717) is 33.0 Å². The van der Waals surface area contributed by atoms with Gasteiger partial charge in [0.15, 0.2) is 0 Å². The maximum atomic E-state index is 12.4. The molecular weight excluding hydrogens is 673 g/mol. The Morgan fingerprint density at radius 3 is 2.42 bits per heavy atom. The maximum absolute atomic E-state index is 12.4. The molecule has 0 unspecified atom stereocenters. The molecule has 3 aromatic heterocycles. The van der Waals surface area contributed by atoms with Gasteiger partial charge < -0.3 is 28.6 Å². The number of anilines is 1. The molecule has 2 aliphatic rings. The van der Waals surface area contributed by atoms with E-state index in [9.17, 15) is 4.79 Å². The number of hydrogen-bond donors (Lipinski definition) is 0. The first kappa shape index (κ1) is 37.6. The lowest BCUT2D eigenvalue weighted by Crippen LogP contribution is -2.50. The van der Waals surface area contributed by atoms with E-state index in [-0.39, 0.29) is 6.09 Å². The molecule has 0 radical (unpaired) electrons. The van der Waals surface area contributed by atoms with Crippen molar-refractivity contribution in [2.75, 3.05) is 70.5 Å². The molecule has 2 fully saturated rings. The van der Waals surface area contributed by atoms with Crippen LogP contribution < -0.4 is 4.90 Å². The number of carbonyl (C=O) groups is 1. The van der Waals surface area contributed by atoms with Crippen LogP contribution in [0.3, 0.4) is 0 Å². The molecule has 13 heteroatoms. The van der Waals surface area contributed by atoms with Gasteiger partial charge in [0.1, 0.15) is 30.1 Å². The minimum atomic E-state index is -1.22. The number of amides is 1. The van der Waals surface area contributed by atoms with Gasteiger partial charge in [-0.05, 0) is 74.7 Å². The second-order valence-corrected chi connectivity index (χ2v) is 21.4. The quantitative estimate of drug-likeness (QED) is 0.0920. The minimum absolute atomic E-state index is 0.228. The lowest BCUT2D eigenvalue weighted by Gasteiger charge is -2.35. The number of piperazine rings is 1. The summed E-state index contributed by atoms with van der Waals surface area (Å²) in [4.78, 5) is 37.6. The second-order valence-electron chi connectivity index (χ2n) is 15.8. The fraction of sp³-hybridized carbons (Fsp3) is 0.513. The van der Waals surface area contributed by atoms with E-state index in [1.54, 1.807) is 11.2 Å². The van der Waals surface area contributed by atoms with Gasteiger partial charge in [-0.25, -0.2) is 14.8 Å². The van der Waals surface area contributed by atoms with Crippen LogP contribution in [0.25, 0.3) is 22.3 Å². The summed E-state index contributed by atoms with van der Waals surface area (Å²) in [6.45, 7) is 20.9. The van der Waals surface area contributed by atoms with Gasteiger partial charge >= 0.3 is 6.09 Å². The third-order valence-corrected chi connectivity index (χ3v) is 11.0. The number of fused-ring (bicyclic) bond motifs is 1. The number of morpholine rings is 1. The van der Waals surface area contributed by atoms with Crippen molar-refractivity contribution < 1.29 is 19.0 Å². The van der Waals surface area contributed by atoms with Gasteiger partial charge in [0, 0.05) is 66.7 Å². The summed E-state index contributed by atoms with van der Waals surface area (Å²) in [7, 11) is -1.22. The zero-order valence-electron chi connectivity index (χ0n) is 31.7. The molecule has 6 rings (SSSR count). The summed E-state index contributed by atoms with van der Waals surface area (Å²) < 4.78 is 19.6. The Bertz CT molecular complexity index is 1820. The highest BCUT2D eigenvalue weighted by atomic mass is 28.3. The summed E-state index contributed by atoms with van der Waals surface area (Å²) in [5.41, 5.74) is 5.37. The molecule has 1 amide bonds. The third-order valence-electron chi connectivity index (χ3n) is 9.29. The largest absolute Gasteiger partial charge is 0.444 e. The molecule has 0 aliphatic carbocycles. The Balaban J connectivity index is 1.11. The van der Waals surface area contributed by atoms with Crippen LogP contribution in [0.2, 0.25) is 25.7 Å². The van der Waals surface area contributed by atoms with Gasteiger partial charge in [0.05, 0.1) is 41.9 Å². The topological polar surface area (TPSA) is 110 Å². The van der Waals surface area contributed by atoms with Crippen molar-refractivity contribution in [2.45, 2.75) is 65.2 Å². The highest BCUT2D eigenvalue weighted by Crippen LogP contribution is 2.33. The number of ether oxygens (including phenoxy) is 3. The molecule has 1 aromatic carbocycles. The first-order chi connectivity index (χ1) is 24.9. The molecule has 0 saturated carbocycles. The molecule has 2 aliphatic heterocycles. The average Bonchev–Trinajstić information content (AvgIpc) is 3.50. The summed E-state index contributed by atoms with van der Waals surface area (Å²) >= 11 is 0. The predicted octanol–water partition coefficient (Wildman–Crippen LogP) is 6.49. The van der Waals surface area contributed by atoms with Gasteiger partial charge in [0.2, 0.25) is 0 Å². The van der Waals surface area contributed by atoms with Crippen molar-refractivity contribution in [3.8, 4) is 11.3 Å². The van der Waals surface area contributed by atoms with Crippen molar-refractivity contribution in [2.24, 2.45) is 4.99 Å². The van der Waals surface area contributed by atoms with E-state index in [1.807, 2.05) is 45.3 Å². The number of hydrogen-bond acceptors (Lipinski definition) is 10. The number of aromatic nitrogens is 4. The van der Waals surface area contributed by atoms with Crippen molar-refractivity contribution in [1.29, 1.82) is 0 Å². The van der Waals surface area contributed by atoms with E-state index < -0.39 is 13.7 Å². The van der Waals surface area contributed by atoms with Crippen LogP contribution in [0, 0.1) is 0 Å². The summed E-state index contributed by atoms with van der Waals surface area (Å²) in [6.07, 6.45) is 6.00. The Morgan fingerprint density at radius 2 is 1.71 bits per heavy atom. The van der Waals surface area contributed by atoms with Gasteiger partial charge in [0.25, 0.3) is 0 Å². The Kier molecular flexibility index (Phi) is 12.0. The number of aliphatic imine (C=N–C) groups is 1. The van der Waals surface area contributed by atoms with Gasteiger partial charge in [-0.1, -0.05) is 31.8 Å². The van der Waals surface area contributed by atoms with E-state index in [1.165, 1.54) is 5.56 Å². The van der Waals surface area contributed by atoms with Gasteiger partial charge in [-0.2, -0.15) is 0 Å². The Morgan fingerprint density at radius 1 is 0.962 bits per heavy atom. The molecule has 0 spiro atoms. The molecule has 4 aromatic rings. The normalized spacial score (nSPS) is 16.3. The van der Waals surface area contributed by atoms with Crippen LogP contribution in [-0.4, -0.2) is 121 Å². The average molecular weight is 727 g/mol. The molecule has 0 atom stereocenters. The molecular formula is C39H54N8O4Si. The number of nitrogens with zero attached hydrogens (tertiary/aromatic N) is 8. The molecule has 12 nitrogen and oxygen atoms in total. The standard InChI is InChI=1S/C39H54N8O4Si/c1-39(2,3)51-38(48)46-17-15-44(16-18-46)14-12-30-11-13-40-33(25-30)27-41-32-9-7-31(8-10-32)35-26-34-36(45-19-21-49-22-20-45)42-28-43-37(34)47(35)29-50-23-24-52(4,5)6/h7-11,13,25-28H,12,14-24,29H2,1-6H3/b41-27+. The lowest BCUT2D eigenvalue weighted by atomic mass is 10.1. The molecule has 278 valence electrons. The predicted molar refractivity (Wildman–Crippen MR) is 210 cm³/mol. The van der Waals surface area contributed by atoms with Gasteiger partial charge in [-0.3, -0.25) is 14.9 Å². The van der Waals surface area contributed by atoms with Crippen molar-refractivity contribution in [1.82, 2.24) is 29.3 Å². The summed E-state index contributed by atoms with van der Waals surface area (Å²) in [5, 5.41) is 1.02. The SMILES string of the molecule is CC(C)(C)OC(=O)N1CCN(CCc2ccnc(/C=N/c3ccc(-c4cc5c(N6CCOCC6)ncnc5n4COCC[Si](C)(C)C)cc3)c2)CC1. The first-order valence-electron chi connectivity index (χ1n) is 18.5. The highest BCUT2D eigenvalue weighted by molar-refractivity contribution is 6.76. The first-order valence-corrected chi connectivity index (χ1v) is 22.2. The minimum Gasteiger partial charge on any atom is -0.444 e. The molecule has 2 saturated heterocycles. The Labute approximate surface area is 308 Å². The van der Waals surface area contributed by atoms with E-state index >= 15 is 0 Å². The summed E-state index contributed by atoms with van der Waals surface area (Å²) in [5.74, 6) is 0.937.